The van der Waals surface area contributed by atoms with Crippen molar-refractivity contribution in [2.45, 2.75) is 43.4 Å². The third-order valence-corrected chi connectivity index (χ3v) is 6.17. The summed E-state index contributed by atoms with van der Waals surface area (Å²) in [6.07, 6.45) is 8.05. The third-order valence-electron chi connectivity index (χ3n) is 4.45. The van der Waals surface area contributed by atoms with Crippen LogP contribution in [0.5, 0.6) is 0 Å². The second-order valence-corrected chi connectivity index (χ2v) is 7.41. The van der Waals surface area contributed by atoms with Gasteiger partial charge in [-0.25, -0.2) is 8.78 Å². The van der Waals surface area contributed by atoms with Crippen LogP contribution in [-0.2, 0) is 6.54 Å². The number of rotatable bonds is 3. The second-order valence-electron chi connectivity index (χ2n) is 5.75. The van der Waals surface area contributed by atoms with Crippen LogP contribution in [0.25, 0.3) is 11.0 Å². The van der Waals surface area contributed by atoms with Crippen LogP contribution in [0.2, 0.25) is 0 Å². The smallest absolute Gasteiger partial charge is 0.178 e. The van der Waals surface area contributed by atoms with Crippen LogP contribution < -0.4 is 0 Å². The Morgan fingerprint density at radius 1 is 1.29 bits per heavy atom. The van der Waals surface area contributed by atoms with Gasteiger partial charge in [0.2, 0.25) is 0 Å². The normalized spacial score (nSPS) is 18.2. The number of hydrogen-bond donors (Lipinski definition) is 1. The van der Waals surface area contributed by atoms with Crippen LogP contribution in [0.3, 0.4) is 0 Å². The number of nitrogens with one attached hydrogen (secondary N) is 1. The third kappa shape index (κ3) is 2.75. The SMILES string of the molecule is CSC1(Cn2c(=S)[nH]c3c(F)cc(F)cc32)CCCCC1. The fourth-order valence-corrected chi connectivity index (χ4v) is 4.47. The van der Waals surface area contributed by atoms with Crippen molar-refractivity contribution in [1.29, 1.82) is 0 Å². The number of halogens is 2. The maximum Gasteiger partial charge on any atom is 0.178 e. The first-order chi connectivity index (χ1) is 10.0. The van der Waals surface area contributed by atoms with Crippen LogP contribution in [0.4, 0.5) is 8.78 Å². The van der Waals surface area contributed by atoms with E-state index in [-0.39, 0.29) is 4.75 Å². The molecule has 1 aliphatic rings. The fourth-order valence-electron chi connectivity index (χ4n) is 3.25. The van der Waals surface area contributed by atoms with Crippen LogP contribution in [0, 0.1) is 16.4 Å². The molecule has 0 aliphatic heterocycles. The molecule has 0 saturated heterocycles. The zero-order valence-corrected chi connectivity index (χ0v) is 13.5. The summed E-state index contributed by atoms with van der Waals surface area (Å²) in [5, 5.41) is 0. The predicted molar refractivity (Wildman–Crippen MR) is 86.4 cm³/mol. The lowest BCUT2D eigenvalue weighted by Gasteiger charge is -2.36. The summed E-state index contributed by atoms with van der Waals surface area (Å²) in [6.45, 7) is 0.704. The molecule has 1 N–H and O–H groups in total. The van der Waals surface area contributed by atoms with Crippen molar-refractivity contribution in [2.75, 3.05) is 6.26 Å². The lowest BCUT2D eigenvalue weighted by molar-refractivity contribution is 0.360. The van der Waals surface area contributed by atoms with Gasteiger partial charge in [0.25, 0.3) is 0 Å². The number of thioether (sulfide) groups is 1. The molecule has 1 heterocycles. The van der Waals surface area contributed by atoms with Crippen molar-refractivity contribution >= 4 is 35.0 Å². The minimum Gasteiger partial charge on any atom is -0.328 e. The molecule has 1 aromatic carbocycles. The summed E-state index contributed by atoms with van der Waals surface area (Å²) in [6, 6.07) is 2.25. The number of benzene rings is 1. The molecule has 0 radical (unpaired) electrons. The quantitative estimate of drug-likeness (QED) is 0.797. The van der Waals surface area contributed by atoms with Crippen molar-refractivity contribution < 1.29 is 8.78 Å². The summed E-state index contributed by atoms with van der Waals surface area (Å²) < 4.78 is 29.8. The van der Waals surface area contributed by atoms with E-state index in [1.54, 1.807) is 0 Å². The van der Waals surface area contributed by atoms with Crippen molar-refractivity contribution in [3.63, 3.8) is 0 Å². The Labute approximate surface area is 131 Å². The van der Waals surface area contributed by atoms with Crippen LogP contribution >= 0.6 is 24.0 Å². The van der Waals surface area contributed by atoms with E-state index in [0.29, 0.717) is 22.3 Å². The average molecular weight is 328 g/mol. The maximum absolute atomic E-state index is 13.9. The number of nitrogens with zero attached hydrogens (tertiary/aromatic N) is 1. The van der Waals surface area contributed by atoms with Gasteiger partial charge in [-0.05, 0) is 37.4 Å². The van der Waals surface area contributed by atoms with E-state index >= 15 is 0 Å². The molecule has 2 aromatic rings. The minimum absolute atomic E-state index is 0.119. The number of imidazole rings is 1. The van der Waals surface area contributed by atoms with Crippen molar-refractivity contribution in [3.05, 3.63) is 28.5 Å². The molecule has 21 heavy (non-hydrogen) atoms. The highest BCUT2D eigenvalue weighted by atomic mass is 32.2. The first kappa shape index (κ1) is 15.0. The van der Waals surface area contributed by atoms with Crippen molar-refractivity contribution in [2.24, 2.45) is 0 Å². The molecule has 1 aliphatic carbocycles. The largest absolute Gasteiger partial charge is 0.328 e. The Balaban J connectivity index is 2.07. The molecule has 0 amide bonds. The van der Waals surface area contributed by atoms with Gasteiger partial charge in [-0.15, -0.1) is 0 Å². The first-order valence-electron chi connectivity index (χ1n) is 7.17. The number of fused-ring (bicyclic) bond motifs is 1. The van der Waals surface area contributed by atoms with Crippen LogP contribution in [-0.4, -0.2) is 20.6 Å². The molecule has 1 fully saturated rings. The number of aromatic amines is 1. The molecule has 6 heteroatoms. The van der Waals surface area contributed by atoms with E-state index in [2.05, 4.69) is 11.2 Å². The predicted octanol–water partition coefficient (Wildman–Crippen LogP) is 5.04. The summed E-state index contributed by atoms with van der Waals surface area (Å²) in [7, 11) is 0. The molecule has 114 valence electrons. The molecular weight excluding hydrogens is 310 g/mol. The summed E-state index contributed by atoms with van der Waals surface area (Å²) in [5.41, 5.74) is 0.824. The summed E-state index contributed by atoms with van der Waals surface area (Å²) in [4.78, 5) is 2.88. The molecular formula is C15H18F2N2S2. The van der Waals surface area contributed by atoms with Crippen LogP contribution in [0.15, 0.2) is 12.1 Å². The lowest BCUT2D eigenvalue weighted by atomic mass is 9.88. The highest BCUT2D eigenvalue weighted by molar-refractivity contribution is 8.00. The molecule has 2 nitrogen and oxygen atoms in total. The zero-order chi connectivity index (χ0) is 15.0. The lowest BCUT2D eigenvalue weighted by Crippen LogP contribution is -2.33. The monoisotopic (exact) mass is 328 g/mol. The van der Waals surface area contributed by atoms with Crippen molar-refractivity contribution in [3.8, 4) is 0 Å². The summed E-state index contributed by atoms with van der Waals surface area (Å²) in [5.74, 6) is -1.15. The van der Waals surface area contributed by atoms with Gasteiger partial charge < -0.3 is 9.55 Å². The topological polar surface area (TPSA) is 20.7 Å². The Hall–Kier alpha value is -0.880. The molecule has 0 unspecified atom stereocenters. The minimum atomic E-state index is -0.586. The van der Waals surface area contributed by atoms with Gasteiger partial charge in [-0.2, -0.15) is 11.8 Å². The molecule has 0 bridgehead atoms. The van der Waals surface area contributed by atoms with Gasteiger partial charge in [0, 0.05) is 17.4 Å². The first-order valence-corrected chi connectivity index (χ1v) is 8.81. The fraction of sp³-hybridized carbons (Fsp3) is 0.533. The molecule has 0 spiro atoms. The highest BCUT2D eigenvalue weighted by Gasteiger charge is 2.32. The van der Waals surface area contributed by atoms with Gasteiger partial charge in [0.1, 0.15) is 11.3 Å². The average Bonchev–Trinajstić information content (AvgIpc) is 2.77. The van der Waals surface area contributed by atoms with Gasteiger partial charge >= 0.3 is 0 Å². The van der Waals surface area contributed by atoms with E-state index in [4.69, 9.17) is 12.2 Å². The second kappa shape index (κ2) is 5.72. The molecule has 0 atom stereocenters. The van der Waals surface area contributed by atoms with Crippen molar-refractivity contribution in [1.82, 2.24) is 9.55 Å². The van der Waals surface area contributed by atoms with E-state index in [0.717, 1.165) is 18.9 Å². The number of H-pyrrole nitrogens is 1. The van der Waals surface area contributed by atoms with Gasteiger partial charge in [-0.1, -0.05) is 19.3 Å². The maximum atomic E-state index is 13.9. The Morgan fingerprint density at radius 3 is 2.67 bits per heavy atom. The molecule has 1 saturated carbocycles. The van der Waals surface area contributed by atoms with E-state index in [9.17, 15) is 8.78 Å². The highest BCUT2D eigenvalue weighted by Crippen LogP contribution is 2.40. The van der Waals surface area contributed by atoms with Gasteiger partial charge in [0.05, 0.1) is 5.52 Å². The standard InChI is InChI=1S/C15H18F2N2S2/c1-21-15(5-3-2-4-6-15)9-19-12-8-10(16)7-11(17)13(12)18-14(19)20/h7-8H,2-6,9H2,1H3,(H,18,20). The summed E-state index contributed by atoms with van der Waals surface area (Å²) >= 11 is 7.18. The van der Waals surface area contributed by atoms with E-state index in [1.807, 2.05) is 16.3 Å². The molecule has 3 rings (SSSR count). The van der Waals surface area contributed by atoms with Crippen LogP contribution in [0.1, 0.15) is 32.1 Å². The van der Waals surface area contributed by atoms with E-state index in [1.165, 1.54) is 25.3 Å². The zero-order valence-electron chi connectivity index (χ0n) is 11.9. The number of hydrogen-bond acceptors (Lipinski definition) is 2. The Morgan fingerprint density at radius 2 is 2.00 bits per heavy atom. The Bertz CT molecular complexity index is 714. The van der Waals surface area contributed by atoms with Gasteiger partial charge in [0.15, 0.2) is 10.6 Å². The number of aromatic nitrogens is 2. The molecule has 1 aromatic heterocycles. The Kier molecular flexibility index (Phi) is 4.10. The van der Waals surface area contributed by atoms with E-state index < -0.39 is 11.6 Å². The van der Waals surface area contributed by atoms with Gasteiger partial charge in [-0.3, -0.25) is 0 Å².